The van der Waals surface area contributed by atoms with Gasteiger partial charge in [0.2, 0.25) is 0 Å². The second-order valence-electron chi connectivity index (χ2n) is 6.28. The molecule has 4 nitrogen and oxygen atoms in total. The molecule has 4 heteroatoms. The van der Waals surface area contributed by atoms with Gasteiger partial charge in [-0.15, -0.1) is 0 Å². The van der Waals surface area contributed by atoms with Crippen molar-refractivity contribution in [3.63, 3.8) is 0 Å². The van der Waals surface area contributed by atoms with Gasteiger partial charge in [-0.05, 0) is 43.2 Å². The molecular formula is C18H23N3O. The zero-order valence-corrected chi connectivity index (χ0v) is 13.5. The molecule has 0 aliphatic carbocycles. The Morgan fingerprint density at radius 1 is 1.32 bits per heavy atom. The van der Waals surface area contributed by atoms with Gasteiger partial charge in [0.25, 0.3) is 0 Å². The molecule has 2 aromatic rings. The molecule has 1 aromatic carbocycles. The zero-order chi connectivity index (χ0) is 15.7. The van der Waals surface area contributed by atoms with Crippen molar-refractivity contribution in [2.45, 2.75) is 33.2 Å². The van der Waals surface area contributed by atoms with E-state index in [1.807, 2.05) is 36.9 Å². The van der Waals surface area contributed by atoms with Gasteiger partial charge in [0.05, 0.1) is 12.2 Å². The maximum Gasteiger partial charge on any atom is 0.165 e. The summed E-state index contributed by atoms with van der Waals surface area (Å²) in [5.74, 6) is 0.338. The predicted molar refractivity (Wildman–Crippen MR) is 88.4 cm³/mol. The van der Waals surface area contributed by atoms with Gasteiger partial charge in [-0.3, -0.25) is 9.48 Å². The summed E-state index contributed by atoms with van der Waals surface area (Å²) in [6, 6.07) is 8.47. The molecule has 0 N–H and O–H groups in total. The smallest absolute Gasteiger partial charge is 0.165 e. The number of anilines is 1. The number of carbonyl (C=O) groups excluding carboxylic acids is 1. The SMILES string of the molecule is CCC(C)C(=O)c1ccc(N2CC(n3cc(C)cn3)C2)cc1. The molecule has 3 rings (SSSR count). The summed E-state index contributed by atoms with van der Waals surface area (Å²) >= 11 is 0. The molecule has 1 fully saturated rings. The van der Waals surface area contributed by atoms with Crippen molar-refractivity contribution in [1.29, 1.82) is 0 Å². The Labute approximate surface area is 131 Å². The summed E-state index contributed by atoms with van der Waals surface area (Å²) in [6.45, 7) is 8.04. The number of Topliss-reactive ketones (excluding diaryl/α,β-unsaturated/α-hetero) is 1. The molecule has 1 saturated heterocycles. The molecule has 0 bridgehead atoms. The fourth-order valence-electron chi connectivity index (χ4n) is 2.77. The third-order valence-corrected chi connectivity index (χ3v) is 4.54. The van der Waals surface area contributed by atoms with E-state index in [0.717, 1.165) is 25.1 Å². The van der Waals surface area contributed by atoms with Crippen molar-refractivity contribution in [1.82, 2.24) is 9.78 Å². The highest BCUT2D eigenvalue weighted by Crippen LogP contribution is 2.28. The van der Waals surface area contributed by atoms with E-state index in [-0.39, 0.29) is 11.7 Å². The van der Waals surface area contributed by atoms with Gasteiger partial charge in [-0.2, -0.15) is 5.10 Å². The number of hydrogen-bond donors (Lipinski definition) is 0. The minimum Gasteiger partial charge on any atom is -0.367 e. The highest BCUT2D eigenvalue weighted by atomic mass is 16.1. The van der Waals surface area contributed by atoms with Crippen molar-refractivity contribution in [2.75, 3.05) is 18.0 Å². The minimum atomic E-state index is 0.0993. The Morgan fingerprint density at radius 2 is 2.00 bits per heavy atom. The van der Waals surface area contributed by atoms with E-state index >= 15 is 0 Å². The monoisotopic (exact) mass is 297 g/mol. The lowest BCUT2D eigenvalue weighted by Crippen LogP contribution is -2.48. The summed E-state index contributed by atoms with van der Waals surface area (Å²) < 4.78 is 2.05. The van der Waals surface area contributed by atoms with Crippen molar-refractivity contribution in [2.24, 2.45) is 5.92 Å². The lowest BCUT2D eigenvalue weighted by atomic mass is 9.96. The Balaban J connectivity index is 1.62. The zero-order valence-electron chi connectivity index (χ0n) is 13.5. The van der Waals surface area contributed by atoms with Crippen molar-refractivity contribution < 1.29 is 4.79 Å². The van der Waals surface area contributed by atoms with E-state index in [0.29, 0.717) is 6.04 Å². The molecule has 1 unspecified atom stereocenters. The molecule has 1 aromatic heterocycles. The number of nitrogens with zero attached hydrogens (tertiary/aromatic N) is 3. The van der Waals surface area contributed by atoms with Crippen LogP contribution in [0.25, 0.3) is 0 Å². The van der Waals surface area contributed by atoms with E-state index in [1.54, 1.807) is 0 Å². The first-order valence-corrected chi connectivity index (χ1v) is 7.98. The second kappa shape index (κ2) is 5.95. The van der Waals surface area contributed by atoms with Crippen LogP contribution in [0.15, 0.2) is 36.7 Å². The fourth-order valence-corrected chi connectivity index (χ4v) is 2.77. The van der Waals surface area contributed by atoms with Crippen LogP contribution in [0.2, 0.25) is 0 Å². The lowest BCUT2D eigenvalue weighted by Gasteiger charge is -2.41. The van der Waals surface area contributed by atoms with Crippen LogP contribution >= 0.6 is 0 Å². The van der Waals surface area contributed by atoms with Crippen molar-refractivity contribution in [3.05, 3.63) is 47.8 Å². The Hall–Kier alpha value is -2.10. The molecule has 1 atom stereocenters. The van der Waals surface area contributed by atoms with Crippen LogP contribution in [0.5, 0.6) is 0 Å². The highest BCUT2D eigenvalue weighted by Gasteiger charge is 2.28. The molecule has 0 radical (unpaired) electrons. The number of rotatable bonds is 5. The first-order valence-electron chi connectivity index (χ1n) is 7.98. The minimum absolute atomic E-state index is 0.0993. The summed E-state index contributed by atoms with van der Waals surface area (Å²) in [6.07, 6.45) is 4.88. The second-order valence-corrected chi connectivity index (χ2v) is 6.28. The number of aromatic nitrogens is 2. The number of ketones is 1. The van der Waals surface area contributed by atoms with E-state index in [4.69, 9.17) is 0 Å². The van der Waals surface area contributed by atoms with Gasteiger partial charge >= 0.3 is 0 Å². The largest absolute Gasteiger partial charge is 0.367 e. The quantitative estimate of drug-likeness (QED) is 0.793. The number of aryl methyl sites for hydroxylation is 1. The van der Waals surface area contributed by atoms with Gasteiger partial charge in [0.1, 0.15) is 0 Å². The summed E-state index contributed by atoms with van der Waals surface area (Å²) in [7, 11) is 0. The van der Waals surface area contributed by atoms with Gasteiger partial charge < -0.3 is 4.90 Å². The number of carbonyl (C=O) groups is 1. The summed E-state index contributed by atoms with van der Waals surface area (Å²) in [5, 5.41) is 4.38. The van der Waals surface area contributed by atoms with Crippen LogP contribution in [0.4, 0.5) is 5.69 Å². The lowest BCUT2D eigenvalue weighted by molar-refractivity contribution is 0.0927. The van der Waals surface area contributed by atoms with Gasteiger partial charge in [0, 0.05) is 36.5 Å². The van der Waals surface area contributed by atoms with E-state index in [9.17, 15) is 4.79 Å². The summed E-state index contributed by atoms with van der Waals surface area (Å²) in [5.41, 5.74) is 3.20. The molecule has 1 aliphatic heterocycles. The average molecular weight is 297 g/mol. The van der Waals surface area contributed by atoms with Crippen LogP contribution in [-0.4, -0.2) is 28.7 Å². The van der Waals surface area contributed by atoms with Gasteiger partial charge in [-0.1, -0.05) is 13.8 Å². The third kappa shape index (κ3) is 2.78. The molecule has 0 saturated carbocycles. The van der Waals surface area contributed by atoms with Crippen molar-refractivity contribution in [3.8, 4) is 0 Å². The molecule has 22 heavy (non-hydrogen) atoms. The molecule has 116 valence electrons. The Morgan fingerprint density at radius 3 is 2.55 bits per heavy atom. The van der Waals surface area contributed by atoms with Crippen LogP contribution < -0.4 is 4.90 Å². The molecule has 0 spiro atoms. The summed E-state index contributed by atoms with van der Waals surface area (Å²) in [4.78, 5) is 14.5. The highest BCUT2D eigenvalue weighted by molar-refractivity contribution is 5.97. The Kier molecular flexibility index (Phi) is 4.01. The van der Waals surface area contributed by atoms with E-state index in [1.165, 1.54) is 11.3 Å². The van der Waals surface area contributed by atoms with E-state index in [2.05, 4.69) is 35.3 Å². The van der Waals surface area contributed by atoms with Crippen LogP contribution in [0, 0.1) is 12.8 Å². The maximum absolute atomic E-state index is 12.2. The van der Waals surface area contributed by atoms with Gasteiger partial charge in [-0.25, -0.2) is 0 Å². The maximum atomic E-state index is 12.2. The molecular weight excluding hydrogens is 274 g/mol. The topological polar surface area (TPSA) is 38.1 Å². The molecule has 2 heterocycles. The first-order chi connectivity index (χ1) is 10.6. The van der Waals surface area contributed by atoms with Crippen LogP contribution in [0.1, 0.15) is 42.2 Å². The fraction of sp³-hybridized carbons (Fsp3) is 0.444. The molecule has 0 amide bonds. The van der Waals surface area contributed by atoms with Crippen LogP contribution in [-0.2, 0) is 0 Å². The molecule has 1 aliphatic rings. The first kappa shape index (κ1) is 14.8. The standard InChI is InChI=1S/C18H23N3O/c1-4-14(3)18(22)15-5-7-16(8-6-15)20-11-17(12-20)21-10-13(2)9-19-21/h5-10,14,17H,4,11-12H2,1-3H3. The number of hydrogen-bond acceptors (Lipinski definition) is 3. The van der Waals surface area contributed by atoms with Gasteiger partial charge in [0.15, 0.2) is 5.78 Å². The third-order valence-electron chi connectivity index (χ3n) is 4.54. The Bertz CT molecular complexity index is 653. The normalized spacial score (nSPS) is 16.4. The van der Waals surface area contributed by atoms with Crippen molar-refractivity contribution >= 4 is 11.5 Å². The predicted octanol–water partition coefficient (Wildman–Crippen LogP) is 3.48. The number of benzene rings is 1. The van der Waals surface area contributed by atoms with Crippen LogP contribution in [0.3, 0.4) is 0 Å². The van der Waals surface area contributed by atoms with E-state index < -0.39 is 0 Å². The average Bonchev–Trinajstić information content (AvgIpc) is 2.91.